The third-order valence-electron chi connectivity index (χ3n) is 3.16. The van der Waals surface area contributed by atoms with E-state index in [1.54, 1.807) is 31.3 Å². The van der Waals surface area contributed by atoms with Crippen molar-refractivity contribution in [2.45, 2.75) is 5.41 Å². The highest BCUT2D eigenvalue weighted by Gasteiger charge is 2.53. The van der Waals surface area contributed by atoms with Crippen LogP contribution in [0.3, 0.4) is 0 Å². The number of rotatable bonds is 3. The van der Waals surface area contributed by atoms with Crippen LogP contribution in [-0.4, -0.2) is 36.1 Å². The number of nitrogens with zero attached hydrogens (tertiary/aromatic N) is 2. The molecule has 1 aliphatic rings. The fourth-order valence-corrected chi connectivity index (χ4v) is 2.29. The number of aliphatic hydroxyl groups is 1. The summed E-state index contributed by atoms with van der Waals surface area (Å²) in [6.45, 7) is -1.15. The second-order valence-electron chi connectivity index (χ2n) is 4.11. The van der Waals surface area contributed by atoms with Crippen molar-refractivity contribution >= 4 is 11.6 Å². The quantitative estimate of drug-likeness (QED) is 0.599. The van der Waals surface area contributed by atoms with Crippen LogP contribution in [0.5, 0.6) is 0 Å². The first-order valence-corrected chi connectivity index (χ1v) is 5.13. The normalized spacial score (nSPS) is 22.7. The van der Waals surface area contributed by atoms with Gasteiger partial charge in [-0.2, -0.15) is 0 Å². The zero-order valence-electron chi connectivity index (χ0n) is 9.29. The Kier molecular flexibility index (Phi) is 2.59. The molecule has 0 fully saturated rings. The van der Waals surface area contributed by atoms with Crippen molar-refractivity contribution in [1.29, 1.82) is 0 Å². The predicted octanol–water partition coefficient (Wildman–Crippen LogP) is 0.170. The molecule has 6 heteroatoms. The highest BCUT2D eigenvalue weighted by atomic mass is 16.6. The molecule has 1 N–H and O–H groups in total. The van der Waals surface area contributed by atoms with Crippen LogP contribution in [0.4, 0.5) is 5.69 Å². The van der Waals surface area contributed by atoms with Crippen molar-refractivity contribution in [1.82, 2.24) is 0 Å². The van der Waals surface area contributed by atoms with Crippen molar-refractivity contribution < 1.29 is 14.8 Å². The smallest absolute Gasteiger partial charge is 0.246 e. The summed E-state index contributed by atoms with van der Waals surface area (Å²) in [4.78, 5) is 23.6. The number of carbonyl (C=O) groups excluding carboxylic acids is 1. The number of fused-ring (bicyclic) bond motifs is 1. The van der Waals surface area contributed by atoms with Crippen molar-refractivity contribution in [2.24, 2.45) is 0 Å². The summed E-state index contributed by atoms with van der Waals surface area (Å²) < 4.78 is 0. The number of likely N-dealkylation sites (N-methyl/N-ethyl adjacent to an activating group) is 1. The minimum absolute atomic E-state index is 0.432. The second-order valence-corrected chi connectivity index (χ2v) is 4.11. The molecule has 17 heavy (non-hydrogen) atoms. The number of hydrogen-bond donors (Lipinski definition) is 1. The van der Waals surface area contributed by atoms with Gasteiger partial charge in [0.1, 0.15) is 0 Å². The Labute approximate surface area is 97.6 Å². The van der Waals surface area contributed by atoms with Crippen LogP contribution in [0, 0.1) is 10.1 Å². The third kappa shape index (κ3) is 1.49. The molecule has 1 aromatic carbocycles. The van der Waals surface area contributed by atoms with E-state index in [2.05, 4.69) is 0 Å². The Hall–Kier alpha value is -1.95. The Balaban J connectivity index is 2.60. The lowest BCUT2D eigenvalue weighted by atomic mass is 9.82. The average molecular weight is 236 g/mol. The van der Waals surface area contributed by atoms with Crippen LogP contribution in [0.15, 0.2) is 24.3 Å². The van der Waals surface area contributed by atoms with E-state index in [9.17, 15) is 20.0 Å². The molecule has 0 bridgehead atoms. The van der Waals surface area contributed by atoms with Gasteiger partial charge in [0, 0.05) is 23.2 Å². The number of nitro groups is 1. The fourth-order valence-electron chi connectivity index (χ4n) is 2.29. The van der Waals surface area contributed by atoms with E-state index in [-0.39, 0.29) is 0 Å². The van der Waals surface area contributed by atoms with Gasteiger partial charge in [0.25, 0.3) is 0 Å². The Morgan fingerprint density at radius 2 is 2.12 bits per heavy atom. The molecule has 1 atom stereocenters. The summed E-state index contributed by atoms with van der Waals surface area (Å²) in [6.07, 6.45) is 0. The van der Waals surface area contributed by atoms with Gasteiger partial charge in [0.05, 0.1) is 6.61 Å². The van der Waals surface area contributed by atoms with Crippen molar-refractivity contribution in [3.63, 3.8) is 0 Å². The monoisotopic (exact) mass is 236 g/mol. The molecule has 0 saturated carbocycles. The zero-order valence-corrected chi connectivity index (χ0v) is 9.29. The molecule has 1 amide bonds. The molecule has 1 aromatic rings. The second kappa shape index (κ2) is 3.81. The molecule has 1 heterocycles. The largest absolute Gasteiger partial charge is 0.395 e. The Morgan fingerprint density at radius 3 is 2.71 bits per heavy atom. The van der Waals surface area contributed by atoms with Crippen LogP contribution in [-0.2, 0) is 10.2 Å². The van der Waals surface area contributed by atoms with Gasteiger partial charge in [-0.25, -0.2) is 0 Å². The number of aliphatic hydroxyl groups excluding tert-OH is 1. The molecular weight excluding hydrogens is 224 g/mol. The van der Waals surface area contributed by atoms with Crippen molar-refractivity contribution in [2.75, 3.05) is 25.1 Å². The third-order valence-corrected chi connectivity index (χ3v) is 3.16. The summed E-state index contributed by atoms with van der Waals surface area (Å²) in [6, 6.07) is 6.82. The van der Waals surface area contributed by atoms with E-state index in [4.69, 9.17) is 0 Å². The molecule has 0 saturated heterocycles. The number of amides is 1. The highest BCUT2D eigenvalue weighted by Crippen LogP contribution is 2.40. The van der Waals surface area contributed by atoms with E-state index < -0.39 is 29.4 Å². The number of para-hydroxylation sites is 1. The van der Waals surface area contributed by atoms with Gasteiger partial charge in [-0.15, -0.1) is 0 Å². The molecule has 0 unspecified atom stereocenters. The Bertz CT molecular complexity index is 488. The summed E-state index contributed by atoms with van der Waals surface area (Å²) in [5, 5.41) is 20.2. The van der Waals surface area contributed by atoms with E-state index >= 15 is 0 Å². The van der Waals surface area contributed by atoms with Gasteiger partial charge in [-0.05, 0) is 6.07 Å². The molecule has 0 spiro atoms. The van der Waals surface area contributed by atoms with Crippen LogP contribution < -0.4 is 4.90 Å². The molecule has 0 aromatic heterocycles. The molecule has 0 aliphatic carbocycles. The minimum Gasteiger partial charge on any atom is -0.395 e. The number of benzene rings is 1. The first-order valence-electron chi connectivity index (χ1n) is 5.13. The zero-order chi connectivity index (χ0) is 12.6. The van der Waals surface area contributed by atoms with E-state index in [0.717, 1.165) is 0 Å². The van der Waals surface area contributed by atoms with Gasteiger partial charge in [-0.1, -0.05) is 18.2 Å². The minimum atomic E-state index is -1.44. The van der Waals surface area contributed by atoms with Crippen LogP contribution >= 0.6 is 0 Å². The molecule has 1 aliphatic heterocycles. The first kappa shape index (κ1) is 11.5. The van der Waals surface area contributed by atoms with Gasteiger partial charge in [-0.3, -0.25) is 14.9 Å². The SMILES string of the molecule is CN1C(=O)[C@](CO)(C[N+](=O)[O-])c2ccccc21. The van der Waals surface area contributed by atoms with Crippen LogP contribution in [0.25, 0.3) is 0 Å². The first-order chi connectivity index (χ1) is 8.03. The van der Waals surface area contributed by atoms with E-state index in [1.807, 2.05) is 0 Å². The molecule has 90 valence electrons. The summed E-state index contributed by atoms with van der Waals surface area (Å²) in [7, 11) is 1.55. The van der Waals surface area contributed by atoms with E-state index in [0.29, 0.717) is 11.3 Å². The maximum atomic E-state index is 12.1. The van der Waals surface area contributed by atoms with Gasteiger partial charge >= 0.3 is 0 Å². The fraction of sp³-hybridized carbons (Fsp3) is 0.364. The van der Waals surface area contributed by atoms with Crippen LogP contribution in [0.2, 0.25) is 0 Å². The molecule has 2 rings (SSSR count). The number of anilines is 1. The lowest BCUT2D eigenvalue weighted by Crippen LogP contribution is -2.46. The summed E-state index contributed by atoms with van der Waals surface area (Å²) in [5.74, 6) is -0.432. The molecule has 0 radical (unpaired) electrons. The number of hydrogen-bond acceptors (Lipinski definition) is 4. The number of carbonyl (C=O) groups is 1. The van der Waals surface area contributed by atoms with Gasteiger partial charge in [0.2, 0.25) is 12.5 Å². The average Bonchev–Trinajstić information content (AvgIpc) is 2.52. The van der Waals surface area contributed by atoms with Gasteiger partial charge in [0.15, 0.2) is 5.41 Å². The molecular formula is C11H12N2O4. The lowest BCUT2D eigenvalue weighted by molar-refractivity contribution is -0.488. The summed E-state index contributed by atoms with van der Waals surface area (Å²) in [5.41, 5.74) is -0.297. The predicted molar refractivity (Wildman–Crippen MR) is 60.5 cm³/mol. The topological polar surface area (TPSA) is 83.7 Å². The Morgan fingerprint density at radius 1 is 1.47 bits per heavy atom. The van der Waals surface area contributed by atoms with Crippen molar-refractivity contribution in [3.8, 4) is 0 Å². The van der Waals surface area contributed by atoms with Crippen LogP contribution in [0.1, 0.15) is 5.56 Å². The summed E-state index contributed by atoms with van der Waals surface area (Å²) >= 11 is 0. The lowest BCUT2D eigenvalue weighted by Gasteiger charge is -2.20. The standard InChI is InChI=1S/C11H12N2O4/c1-12-9-5-3-2-4-8(9)11(7-14,10(12)15)6-13(16)17/h2-5,14H,6-7H2,1H3/t11-/m0/s1. The highest BCUT2D eigenvalue weighted by molar-refractivity contribution is 6.08. The maximum absolute atomic E-state index is 12.1. The van der Waals surface area contributed by atoms with E-state index in [1.165, 1.54) is 4.90 Å². The molecule has 6 nitrogen and oxygen atoms in total. The van der Waals surface area contributed by atoms with Crippen molar-refractivity contribution in [3.05, 3.63) is 39.9 Å². The maximum Gasteiger partial charge on any atom is 0.246 e. The van der Waals surface area contributed by atoms with Gasteiger partial charge < -0.3 is 10.0 Å².